The van der Waals surface area contributed by atoms with Gasteiger partial charge in [-0.2, -0.15) is 0 Å². The van der Waals surface area contributed by atoms with Crippen molar-refractivity contribution in [2.24, 2.45) is 0 Å². The first kappa shape index (κ1) is 70.1. The molecule has 0 aliphatic heterocycles. The van der Waals surface area contributed by atoms with Crippen LogP contribution in [-0.4, -0.2) is 37.2 Å². The molecule has 0 saturated carbocycles. The van der Waals surface area contributed by atoms with Crippen molar-refractivity contribution in [3.8, 4) is 0 Å². The fourth-order valence-corrected chi connectivity index (χ4v) is 8.46. The van der Waals surface area contributed by atoms with Gasteiger partial charge in [0.2, 0.25) is 0 Å². The van der Waals surface area contributed by atoms with Gasteiger partial charge in [0.1, 0.15) is 13.2 Å². The summed E-state index contributed by atoms with van der Waals surface area (Å²) < 4.78 is 16.9. The van der Waals surface area contributed by atoms with E-state index < -0.39 is 6.10 Å². The van der Waals surface area contributed by atoms with Crippen molar-refractivity contribution >= 4 is 17.9 Å². The average molecular weight is 1030 g/mol. The molecule has 1 unspecified atom stereocenters. The Balaban J connectivity index is 4.45. The molecule has 1 atom stereocenters. The second-order valence-electron chi connectivity index (χ2n) is 20.2. The first-order chi connectivity index (χ1) is 36.5. The normalized spacial score (nSPS) is 12.9. The highest BCUT2D eigenvalue weighted by Gasteiger charge is 2.19. The largest absolute Gasteiger partial charge is 0.462 e. The van der Waals surface area contributed by atoms with Gasteiger partial charge in [-0.3, -0.25) is 14.4 Å². The van der Waals surface area contributed by atoms with Crippen molar-refractivity contribution in [3.63, 3.8) is 0 Å². The zero-order valence-electron chi connectivity index (χ0n) is 48.3. The van der Waals surface area contributed by atoms with E-state index in [-0.39, 0.29) is 37.5 Å². The summed E-state index contributed by atoms with van der Waals surface area (Å²) >= 11 is 0. The van der Waals surface area contributed by atoms with Gasteiger partial charge in [0, 0.05) is 19.3 Å². The van der Waals surface area contributed by atoms with Crippen LogP contribution in [0.2, 0.25) is 0 Å². The Morgan fingerprint density at radius 2 is 0.527 bits per heavy atom. The monoisotopic (exact) mass is 1030 g/mol. The van der Waals surface area contributed by atoms with E-state index in [0.29, 0.717) is 12.8 Å². The Labute approximate surface area is 457 Å². The van der Waals surface area contributed by atoms with E-state index in [4.69, 9.17) is 14.2 Å². The molecule has 0 amide bonds. The van der Waals surface area contributed by atoms with Crippen molar-refractivity contribution in [3.05, 3.63) is 109 Å². The third-order valence-electron chi connectivity index (χ3n) is 13.0. The first-order valence-electron chi connectivity index (χ1n) is 30.9. The number of ether oxygens (including phenoxy) is 3. The van der Waals surface area contributed by atoms with Crippen LogP contribution in [0.1, 0.15) is 284 Å². The van der Waals surface area contributed by atoms with E-state index in [2.05, 4.69) is 130 Å². The third-order valence-corrected chi connectivity index (χ3v) is 13.0. The van der Waals surface area contributed by atoms with Gasteiger partial charge in [0.25, 0.3) is 0 Å². The maximum absolute atomic E-state index is 12.9. The second-order valence-corrected chi connectivity index (χ2v) is 20.2. The Morgan fingerprint density at radius 1 is 0.284 bits per heavy atom. The van der Waals surface area contributed by atoms with Gasteiger partial charge in [0.05, 0.1) is 0 Å². The summed E-state index contributed by atoms with van der Waals surface area (Å²) in [5.74, 6) is -0.926. The van der Waals surface area contributed by atoms with E-state index in [9.17, 15) is 14.4 Å². The molecule has 422 valence electrons. The molecule has 0 aliphatic rings. The smallest absolute Gasteiger partial charge is 0.306 e. The molecule has 6 nitrogen and oxygen atoms in total. The van der Waals surface area contributed by atoms with Crippen molar-refractivity contribution in [1.82, 2.24) is 0 Å². The number of hydrogen-bond acceptors (Lipinski definition) is 6. The lowest BCUT2D eigenvalue weighted by molar-refractivity contribution is -0.167. The fourth-order valence-electron chi connectivity index (χ4n) is 8.46. The standard InChI is InChI=1S/C68H114O6/c1-4-7-10-13-16-19-22-25-28-31-33-34-36-37-40-43-46-49-52-55-58-61-67(70)73-64-65(63-72-66(69)60-57-54-51-48-45-42-39-30-27-24-21-18-15-12-9-6-3)74-68(71)62-59-56-53-50-47-44-41-38-35-32-29-26-23-20-17-14-11-8-5-2/h7-8,10-11,16-17,19-20,25-26,28-29,33-35,38,44,47,65H,4-6,9,12-15,18,21-24,27,30-32,36-37,39-43,45-46,48-64H2,1-3H3/b10-7-,11-8-,19-16-,20-17-,28-25-,29-26-,34-33-,38-35-,47-44-. The Morgan fingerprint density at radius 3 is 0.838 bits per heavy atom. The molecule has 0 aromatic heterocycles. The summed E-state index contributed by atoms with van der Waals surface area (Å²) in [6, 6.07) is 0. The zero-order valence-corrected chi connectivity index (χ0v) is 48.3. The minimum atomic E-state index is -0.801. The maximum Gasteiger partial charge on any atom is 0.306 e. The van der Waals surface area contributed by atoms with Crippen molar-refractivity contribution in [2.45, 2.75) is 290 Å². The van der Waals surface area contributed by atoms with Crippen molar-refractivity contribution in [2.75, 3.05) is 13.2 Å². The summed E-state index contributed by atoms with van der Waals surface area (Å²) in [6.45, 7) is 6.40. The van der Waals surface area contributed by atoms with Crippen molar-refractivity contribution in [1.29, 1.82) is 0 Å². The fraction of sp³-hybridized carbons (Fsp3) is 0.691. The molecule has 0 rings (SSSR count). The predicted molar refractivity (Wildman–Crippen MR) is 320 cm³/mol. The second kappa shape index (κ2) is 61.6. The maximum atomic E-state index is 12.9. The SMILES string of the molecule is CC/C=C\C/C=C\C/C=C\C/C=C\C/C=C\CCCCCC(=O)OC(COC(=O)CCCCCCCCCC/C=C\C/C=C\C/C=C\C/C=C\CC)COC(=O)CCCCCCCCCCCCCCCCCC. The van der Waals surface area contributed by atoms with Gasteiger partial charge >= 0.3 is 17.9 Å². The van der Waals surface area contributed by atoms with Crippen LogP contribution in [0.3, 0.4) is 0 Å². The average Bonchev–Trinajstić information content (AvgIpc) is 3.40. The Hall–Kier alpha value is -3.93. The molecule has 6 heteroatoms. The Bertz CT molecular complexity index is 1510. The van der Waals surface area contributed by atoms with Crippen LogP contribution in [0.4, 0.5) is 0 Å². The van der Waals surface area contributed by atoms with Gasteiger partial charge in [0.15, 0.2) is 6.10 Å². The zero-order chi connectivity index (χ0) is 53.6. The number of allylic oxidation sites excluding steroid dienone is 18. The number of esters is 3. The predicted octanol–water partition coefficient (Wildman–Crippen LogP) is 21.0. The topological polar surface area (TPSA) is 78.9 Å². The highest BCUT2D eigenvalue weighted by Crippen LogP contribution is 2.16. The number of hydrogen-bond donors (Lipinski definition) is 0. The van der Waals surface area contributed by atoms with Crippen molar-refractivity contribution < 1.29 is 28.6 Å². The van der Waals surface area contributed by atoms with Crippen LogP contribution in [0.15, 0.2) is 109 Å². The molecule has 74 heavy (non-hydrogen) atoms. The van der Waals surface area contributed by atoms with Crippen LogP contribution in [0.25, 0.3) is 0 Å². The van der Waals surface area contributed by atoms with Gasteiger partial charge in [-0.05, 0) is 103 Å². The van der Waals surface area contributed by atoms with Gasteiger partial charge in [-0.15, -0.1) is 0 Å². The molecular formula is C68H114O6. The third kappa shape index (κ3) is 59.0. The van der Waals surface area contributed by atoms with E-state index in [1.807, 2.05) is 0 Å². The van der Waals surface area contributed by atoms with Crippen LogP contribution in [-0.2, 0) is 28.6 Å². The molecule has 0 fully saturated rings. The quantitative estimate of drug-likeness (QED) is 0.0261. The molecule has 0 aliphatic carbocycles. The molecule has 0 radical (unpaired) electrons. The minimum Gasteiger partial charge on any atom is -0.462 e. The summed E-state index contributed by atoms with van der Waals surface area (Å²) in [7, 11) is 0. The number of carbonyl (C=O) groups excluding carboxylic acids is 3. The van der Waals surface area contributed by atoms with Gasteiger partial charge in [-0.25, -0.2) is 0 Å². The molecule has 0 aromatic rings. The lowest BCUT2D eigenvalue weighted by Crippen LogP contribution is -2.30. The molecule has 0 aromatic carbocycles. The summed E-state index contributed by atoms with van der Waals surface area (Å²) in [4.78, 5) is 38.3. The van der Waals surface area contributed by atoms with Gasteiger partial charge < -0.3 is 14.2 Å². The summed E-state index contributed by atoms with van der Waals surface area (Å²) in [5.41, 5.74) is 0. The number of rotatable bonds is 55. The number of unbranched alkanes of at least 4 members (excludes halogenated alkanes) is 26. The van der Waals surface area contributed by atoms with E-state index >= 15 is 0 Å². The lowest BCUT2D eigenvalue weighted by Gasteiger charge is -2.18. The molecule has 0 spiro atoms. The van der Waals surface area contributed by atoms with Crippen LogP contribution < -0.4 is 0 Å². The minimum absolute atomic E-state index is 0.0930. The molecule has 0 heterocycles. The van der Waals surface area contributed by atoms with Gasteiger partial charge in [-0.1, -0.05) is 271 Å². The van der Waals surface area contributed by atoms with Crippen LogP contribution >= 0.6 is 0 Å². The van der Waals surface area contributed by atoms with E-state index in [1.165, 1.54) is 116 Å². The first-order valence-corrected chi connectivity index (χ1v) is 30.9. The molecule has 0 saturated heterocycles. The highest BCUT2D eigenvalue weighted by molar-refractivity contribution is 5.71. The highest BCUT2D eigenvalue weighted by atomic mass is 16.6. The van der Waals surface area contributed by atoms with Crippen LogP contribution in [0.5, 0.6) is 0 Å². The number of carbonyl (C=O) groups is 3. The van der Waals surface area contributed by atoms with E-state index in [1.54, 1.807) is 0 Å². The summed E-state index contributed by atoms with van der Waals surface area (Å²) in [6.07, 6.45) is 83.7. The molecule has 0 N–H and O–H groups in total. The molecule has 0 bridgehead atoms. The molecular weight excluding hydrogens is 913 g/mol. The Kier molecular flexibility index (Phi) is 58.3. The lowest BCUT2D eigenvalue weighted by atomic mass is 10.0. The van der Waals surface area contributed by atoms with Crippen LogP contribution in [0, 0.1) is 0 Å². The summed E-state index contributed by atoms with van der Waals surface area (Å²) in [5, 5.41) is 0. The van der Waals surface area contributed by atoms with E-state index in [0.717, 1.165) is 128 Å².